The lowest BCUT2D eigenvalue weighted by Gasteiger charge is -2.33. The van der Waals surface area contributed by atoms with Crippen LogP contribution in [0.25, 0.3) is 11.6 Å². The highest BCUT2D eigenvalue weighted by Gasteiger charge is 2.27. The topological polar surface area (TPSA) is 49.3 Å². The molecule has 0 saturated heterocycles. The van der Waals surface area contributed by atoms with E-state index in [4.69, 9.17) is 5.11 Å². The van der Waals surface area contributed by atoms with E-state index in [1.165, 1.54) is 22.4 Å². The van der Waals surface area contributed by atoms with E-state index in [0.29, 0.717) is 5.56 Å². The molecule has 0 atom stereocenters. The Morgan fingerprint density at radius 2 is 1.79 bits per heavy atom. The summed E-state index contributed by atoms with van der Waals surface area (Å²) in [6, 6.07) is 13.6. The second-order valence-electron chi connectivity index (χ2n) is 7.08. The summed E-state index contributed by atoms with van der Waals surface area (Å²) in [6.07, 6.45) is 3.22. The van der Waals surface area contributed by atoms with Crippen LogP contribution < -0.4 is 5.32 Å². The summed E-state index contributed by atoms with van der Waals surface area (Å²) in [4.78, 5) is 10.9. The monoisotopic (exact) mass is 321 g/mol. The normalized spacial score (nSPS) is 16.2. The number of carboxylic acids is 1. The van der Waals surface area contributed by atoms with Crippen molar-refractivity contribution in [3.8, 4) is 0 Å². The molecule has 0 amide bonds. The first-order valence-electron chi connectivity index (χ1n) is 8.27. The average Bonchev–Trinajstić information content (AvgIpc) is 2.55. The number of rotatable bonds is 3. The maximum absolute atomic E-state index is 10.9. The molecule has 0 fully saturated rings. The van der Waals surface area contributed by atoms with Crippen LogP contribution in [-0.2, 0) is 5.41 Å². The zero-order valence-corrected chi connectivity index (χ0v) is 14.4. The van der Waals surface area contributed by atoms with Crippen molar-refractivity contribution in [2.24, 2.45) is 0 Å². The largest absolute Gasteiger partial charge is 0.478 e. The lowest BCUT2D eigenvalue weighted by molar-refractivity contribution is 0.0697. The average molecular weight is 321 g/mol. The molecule has 2 N–H and O–H groups in total. The summed E-state index contributed by atoms with van der Waals surface area (Å²) in [5.41, 5.74) is 6.46. The summed E-state index contributed by atoms with van der Waals surface area (Å²) >= 11 is 0. The Hall–Kier alpha value is -2.55. The third-order valence-electron chi connectivity index (χ3n) is 4.81. The molecule has 1 heterocycles. The van der Waals surface area contributed by atoms with E-state index < -0.39 is 5.97 Å². The highest BCUT2D eigenvalue weighted by atomic mass is 16.4. The summed E-state index contributed by atoms with van der Waals surface area (Å²) in [6.45, 7) is 7.69. The Morgan fingerprint density at radius 3 is 2.46 bits per heavy atom. The highest BCUT2D eigenvalue weighted by Crippen LogP contribution is 2.38. The van der Waals surface area contributed by atoms with Crippen molar-refractivity contribution in [3.05, 3.63) is 64.7 Å². The fraction of sp³-hybridized carbons (Fsp3) is 0.286. The van der Waals surface area contributed by atoms with Gasteiger partial charge in [0.2, 0.25) is 0 Å². The number of allylic oxidation sites excluding steroid dienone is 1. The van der Waals surface area contributed by atoms with Gasteiger partial charge in [-0.2, -0.15) is 0 Å². The third-order valence-corrected chi connectivity index (χ3v) is 4.81. The van der Waals surface area contributed by atoms with E-state index in [0.717, 1.165) is 18.5 Å². The fourth-order valence-electron chi connectivity index (χ4n) is 3.20. The Labute approximate surface area is 143 Å². The van der Waals surface area contributed by atoms with Crippen molar-refractivity contribution in [3.63, 3.8) is 0 Å². The van der Waals surface area contributed by atoms with Crippen LogP contribution >= 0.6 is 0 Å². The van der Waals surface area contributed by atoms with Gasteiger partial charge in [-0.05, 0) is 65.3 Å². The van der Waals surface area contributed by atoms with Gasteiger partial charge in [0.15, 0.2) is 0 Å². The Morgan fingerprint density at radius 1 is 1.12 bits per heavy atom. The maximum atomic E-state index is 10.9. The molecule has 0 spiro atoms. The molecule has 0 bridgehead atoms. The Kier molecular flexibility index (Phi) is 4.18. The Bertz CT molecular complexity index is 801. The molecule has 124 valence electrons. The number of hydrogen-bond acceptors (Lipinski definition) is 2. The summed E-state index contributed by atoms with van der Waals surface area (Å²) < 4.78 is 0. The molecule has 0 unspecified atom stereocenters. The van der Waals surface area contributed by atoms with Crippen LogP contribution in [-0.4, -0.2) is 17.6 Å². The number of carboxylic acid groups (broad SMARTS) is 1. The lowest BCUT2D eigenvalue weighted by Crippen LogP contribution is -2.28. The molecule has 3 nitrogen and oxygen atoms in total. The molecule has 0 radical (unpaired) electrons. The molecule has 1 aliphatic rings. The van der Waals surface area contributed by atoms with Crippen molar-refractivity contribution in [1.82, 2.24) is 0 Å². The number of fused-ring (bicyclic) bond motifs is 1. The van der Waals surface area contributed by atoms with Crippen LogP contribution in [0.15, 0.2) is 42.5 Å². The standard InChI is InChI=1S/C21H23NO2/c1-14(12-15-4-6-16(7-5-15)20(23)24)17-8-9-19-18(13-17)21(2,3)10-11-22-19/h4-9,12-13,22H,10-11H2,1-3H3,(H,23,24). The minimum atomic E-state index is -0.897. The summed E-state index contributed by atoms with van der Waals surface area (Å²) in [7, 11) is 0. The van der Waals surface area contributed by atoms with Gasteiger partial charge in [-0.1, -0.05) is 38.1 Å². The van der Waals surface area contributed by atoms with Gasteiger partial charge in [-0.15, -0.1) is 0 Å². The minimum absolute atomic E-state index is 0.181. The van der Waals surface area contributed by atoms with Crippen molar-refractivity contribution >= 4 is 23.3 Å². The first kappa shape index (κ1) is 16.3. The molecule has 0 saturated carbocycles. The first-order valence-corrected chi connectivity index (χ1v) is 8.27. The number of carbonyl (C=O) groups is 1. The first-order chi connectivity index (χ1) is 11.4. The smallest absolute Gasteiger partial charge is 0.335 e. The van der Waals surface area contributed by atoms with E-state index in [1.807, 2.05) is 12.1 Å². The molecule has 1 aliphatic heterocycles. The molecular formula is C21H23NO2. The van der Waals surface area contributed by atoms with E-state index in [1.54, 1.807) is 12.1 Å². The predicted octanol–water partition coefficient (Wildman–Crippen LogP) is 5.04. The number of hydrogen-bond donors (Lipinski definition) is 2. The molecule has 24 heavy (non-hydrogen) atoms. The van der Waals surface area contributed by atoms with Crippen LogP contribution in [0.3, 0.4) is 0 Å². The zero-order valence-electron chi connectivity index (χ0n) is 14.4. The molecular weight excluding hydrogens is 298 g/mol. The van der Waals surface area contributed by atoms with Crippen molar-refractivity contribution in [2.45, 2.75) is 32.6 Å². The van der Waals surface area contributed by atoms with Crippen LogP contribution in [0.5, 0.6) is 0 Å². The van der Waals surface area contributed by atoms with Gasteiger partial charge in [0, 0.05) is 12.2 Å². The predicted molar refractivity (Wildman–Crippen MR) is 99.5 cm³/mol. The van der Waals surface area contributed by atoms with Crippen molar-refractivity contribution < 1.29 is 9.90 Å². The number of nitrogens with one attached hydrogen (secondary N) is 1. The maximum Gasteiger partial charge on any atom is 0.335 e. The molecule has 2 aromatic carbocycles. The molecule has 3 rings (SSSR count). The van der Waals surface area contributed by atoms with Gasteiger partial charge in [0.25, 0.3) is 0 Å². The molecule has 0 aliphatic carbocycles. The van der Waals surface area contributed by atoms with Crippen LogP contribution in [0.2, 0.25) is 0 Å². The number of anilines is 1. The van der Waals surface area contributed by atoms with E-state index in [-0.39, 0.29) is 5.41 Å². The minimum Gasteiger partial charge on any atom is -0.478 e. The molecule has 2 aromatic rings. The highest BCUT2D eigenvalue weighted by molar-refractivity contribution is 5.88. The second kappa shape index (κ2) is 6.16. The van der Waals surface area contributed by atoms with Gasteiger partial charge in [0.05, 0.1) is 5.56 Å². The fourth-order valence-corrected chi connectivity index (χ4v) is 3.20. The summed E-state index contributed by atoms with van der Waals surface area (Å²) in [5, 5.41) is 12.5. The third kappa shape index (κ3) is 3.21. The van der Waals surface area contributed by atoms with Crippen LogP contribution in [0.4, 0.5) is 5.69 Å². The van der Waals surface area contributed by atoms with E-state index in [9.17, 15) is 4.79 Å². The van der Waals surface area contributed by atoms with Crippen LogP contribution in [0.1, 0.15) is 54.2 Å². The summed E-state index contributed by atoms with van der Waals surface area (Å²) in [5.74, 6) is -0.897. The van der Waals surface area contributed by atoms with Crippen molar-refractivity contribution in [2.75, 3.05) is 11.9 Å². The Balaban J connectivity index is 1.92. The van der Waals surface area contributed by atoms with Crippen LogP contribution in [0, 0.1) is 0 Å². The zero-order chi connectivity index (χ0) is 17.3. The van der Waals surface area contributed by atoms with E-state index in [2.05, 4.69) is 50.4 Å². The second-order valence-corrected chi connectivity index (χ2v) is 7.08. The molecule has 3 heteroatoms. The SMILES string of the molecule is CC(=Cc1ccc(C(=O)O)cc1)c1ccc2c(c1)C(C)(C)CCN2. The van der Waals surface area contributed by atoms with Gasteiger partial charge >= 0.3 is 5.97 Å². The van der Waals surface area contributed by atoms with Crippen molar-refractivity contribution in [1.29, 1.82) is 0 Å². The lowest BCUT2D eigenvalue weighted by atomic mass is 9.77. The number of benzene rings is 2. The van der Waals surface area contributed by atoms with Gasteiger partial charge in [-0.3, -0.25) is 0 Å². The van der Waals surface area contributed by atoms with Gasteiger partial charge in [0.1, 0.15) is 0 Å². The van der Waals surface area contributed by atoms with Gasteiger partial charge in [-0.25, -0.2) is 4.79 Å². The quantitative estimate of drug-likeness (QED) is 0.779. The molecule has 0 aromatic heterocycles. The van der Waals surface area contributed by atoms with E-state index >= 15 is 0 Å². The number of aromatic carboxylic acids is 1. The van der Waals surface area contributed by atoms with Gasteiger partial charge < -0.3 is 10.4 Å².